The zero-order valence-electron chi connectivity index (χ0n) is 9.47. The molecule has 2 aromatic rings. The van der Waals surface area contributed by atoms with E-state index in [9.17, 15) is 23.3 Å². The summed E-state index contributed by atoms with van der Waals surface area (Å²) in [5.74, 6) is 0. The number of sulfone groups is 1. The van der Waals surface area contributed by atoms with Crippen molar-refractivity contribution < 1.29 is 23.2 Å². The second kappa shape index (κ2) is 4.02. The van der Waals surface area contributed by atoms with Crippen molar-refractivity contribution in [1.82, 2.24) is 9.78 Å². The van der Waals surface area contributed by atoms with E-state index in [4.69, 9.17) is 5.11 Å². The van der Waals surface area contributed by atoms with Crippen LogP contribution in [0.1, 0.15) is 0 Å². The van der Waals surface area contributed by atoms with Crippen molar-refractivity contribution in [2.24, 2.45) is 0 Å². The van der Waals surface area contributed by atoms with Crippen LogP contribution in [-0.2, 0) is 9.84 Å². The molecule has 0 bridgehead atoms. The summed E-state index contributed by atoms with van der Waals surface area (Å²) in [5, 5.41) is 23.4. The summed E-state index contributed by atoms with van der Waals surface area (Å²) in [6.45, 7) is 0. The van der Waals surface area contributed by atoms with Crippen LogP contribution in [0.3, 0.4) is 0 Å². The van der Waals surface area contributed by atoms with Crippen molar-refractivity contribution in [3.05, 3.63) is 28.4 Å². The van der Waals surface area contributed by atoms with Crippen LogP contribution in [0.2, 0.25) is 0 Å². The summed E-state index contributed by atoms with van der Waals surface area (Å²) in [5.41, 5.74) is -0.640. The summed E-state index contributed by atoms with van der Waals surface area (Å²) in [7, 11) is -3.87. The lowest BCUT2D eigenvalue weighted by Crippen LogP contribution is -2.10. The van der Waals surface area contributed by atoms with Gasteiger partial charge in [0, 0.05) is 17.7 Å². The second-order valence-electron chi connectivity index (χ2n) is 3.75. The number of aromatic nitrogens is 2. The van der Waals surface area contributed by atoms with Gasteiger partial charge in [0.05, 0.1) is 16.6 Å². The van der Waals surface area contributed by atoms with Gasteiger partial charge in [0.2, 0.25) is 0 Å². The molecular weight excluding hydrogens is 278 g/mol. The minimum absolute atomic E-state index is 0.0291. The summed E-state index contributed by atoms with van der Waals surface area (Å²) < 4.78 is 23.6. The standard InChI is InChI=1S/C9H7N3O6S/c1-19(17,18)8-3-6-5(2-7(8)12(15)16)4-10-11(6)9(13)14/h2-4H,1H3,(H,13,14). The highest BCUT2D eigenvalue weighted by Gasteiger charge is 2.25. The number of carboxylic acid groups (broad SMARTS) is 1. The van der Waals surface area contributed by atoms with E-state index < -0.39 is 31.4 Å². The van der Waals surface area contributed by atoms with E-state index in [0.717, 1.165) is 24.6 Å². The first-order chi connectivity index (χ1) is 8.71. The molecule has 0 amide bonds. The molecule has 0 atom stereocenters. The highest BCUT2D eigenvalue weighted by Crippen LogP contribution is 2.29. The normalized spacial score (nSPS) is 11.6. The van der Waals surface area contributed by atoms with Crippen molar-refractivity contribution >= 4 is 32.5 Å². The Morgan fingerprint density at radius 2 is 2.11 bits per heavy atom. The number of benzene rings is 1. The number of nitro benzene ring substituents is 1. The molecule has 10 heteroatoms. The molecule has 0 aliphatic rings. The van der Waals surface area contributed by atoms with Gasteiger partial charge in [-0.15, -0.1) is 0 Å². The molecule has 100 valence electrons. The number of nitrogens with zero attached hydrogens (tertiary/aromatic N) is 3. The molecule has 0 aliphatic heterocycles. The lowest BCUT2D eigenvalue weighted by atomic mass is 10.2. The highest BCUT2D eigenvalue weighted by atomic mass is 32.2. The monoisotopic (exact) mass is 285 g/mol. The molecule has 0 saturated carbocycles. The molecule has 0 saturated heterocycles. The number of hydrogen-bond donors (Lipinski definition) is 1. The SMILES string of the molecule is CS(=O)(=O)c1cc2c(cnn2C(=O)O)cc1[N+](=O)[O-]. The van der Waals surface area contributed by atoms with Crippen LogP contribution in [0.25, 0.3) is 10.9 Å². The molecule has 1 aromatic carbocycles. The van der Waals surface area contributed by atoms with Crippen molar-refractivity contribution in [1.29, 1.82) is 0 Å². The third-order valence-electron chi connectivity index (χ3n) is 2.43. The topological polar surface area (TPSA) is 132 Å². The summed E-state index contributed by atoms with van der Waals surface area (Å²) >= 11 is 0. The van der Waals surface area contributed by atoms with Gasteiger partial charge in [-0.25, -0.2) is 13.2 Å². The maximum Gasteiger partial charge on any atom is 0.432 e. The first-order valence-corrected chi connectivity index (χ1v) is 6.70. The molecule has 19 heavy (non-hydrogen) atoms. The number of carbonyl (C=O) groups is 1. The van der Waals surface area contributed by atoms with E-state index in [1.54, 1.807) is 0 Å². The van der Waals surface area contributed by atoms with Gasteiger partial charge in [-0.2, -0.15) is 9.78 Å². The molecule has 0 radical (unpaired) electrons. The minimum Gasteiger partial charge on any atom is -0.463 e. The molecule has 1 heterocycles. The highest BCUT2D eigenvalue weighted by molar-refractivity contribution is 7.90. The molecular formula is C9H7N3O6S. The molecule has 1 aromatic heterocycles. The average molecular weight is 285 g/mol. The average Bonchev–Trinajstić information content (AvgIpc) is 2.68. The van der Waals surface area contributed by atoms with E-state index in [-0.39, 0.29) is 10.9 Å². The Bertz CT molecular complexity index is 807. The van der Waals surface area contributed by atoms with Gasteiger partial charge in [0.15, 0.2) is 9.84 Å². The molecule has 0 fully saturated rings. The summed E-state index contributed by atoms with van der Waals surface area (Å²) in [6, 6.07) is 1.92. The van der Waals surface area contributed by atoms with Crippen molar-refractivity contribution in [3.63, 3.8) is 0 Å². The van der Waals surface area contributed by atoms with Gasteiger partial charge in [0.1, 0.15) is 4.90 Å². The fraction of sp³-hybridized carbons (Fsp3) is 0.111. The molecule has 0 spiro atoms. The van der Waals surface area contributed by atoms with E-state index >= 15 is 0 Å². The minimum atomic E-state index is -3.87. The summed E-state index contributed by atoms with van der Waals surface area (Å²) in [4.78, 5) is 20.3. The maximum atomic E-state index is 11.5. The summed E-state index contributed by atoms with van der Waals surface area (Å²) in [6.07, 6.45) is 0.508. The van der Waals surface area contributed by atoms with Gasteiger partial charge in [-0.1, -0.05) is 0 Å². The van der Waals surface area contributed by atoms with Crippen LogP contribution < -0.4 is 0 Å². The van der Waals surface area contributed by atoms with E-state index in [2.05, 4.69) is 5.10 Å². The zero-order valence-corrected chi connectivity index (χ0v) is 10.3. The van der Waals surface area contributed by atoms with Crippen LogP contribution in [0, 0.1) is 10.1 Å². The first kappa shape index (κ1) is 13.0. The smallest absolute Gasteiger partial charge is 0.432 e. The Hall–Kier alpha value is -2.49. The van der Waals surface area contributed by atoms with Crippen LogP contribution in [0.15, 0.2) is 23.2 Å². The molecule has 9 nitrogen and oxygen atoms in total. The lowest BCUT2D eigenvalue weighted by Gasteiger charge is -2.02. The van der Waals surface area contributed by atoms with Crippen LogP contribution in [-0.4, -0.2) is 40.6 Å². The first-order valence-electron chi connectivity index (χ1n) is 4.81. The van der Waals surface area contributed by atoms with Crippen LogP contribution in [0.5, 0.6) is 0 Å². The van der Waals surface area contributed by atoms with Gasteiger partial charge in [-0.3, -0.25) is 10.1 Å². The van der Waals surface area contributed by atoms with Crippen LogP contribution in [0.4, 0.5) is 10.5 Å². The van der Waals surface area contributed by atoms with Crippen molar-refractivity contribution in [2.45, 2.75) is 4.90 Å². The van der Waals surface area contributed by atoms with E-state index in [0.29, 0.717) is 4.68 Å². The predicted octanol–water partition coefficient (Wildman–Crippen LogP) is 0.874. The molecule has 1 N–H and O–H groups in total. The number of nitro groups is 1. The second-order valence-corrected chi connectivity index (χ2v) is 5.73. The fourth-order valence-electron chi connectivity index (χ4n) is 1.63. The third kappa shape index (κ3) is 2.12. The van der Waals surface area contributed by atoms with Gasteiger partial charge < -0.3 is 5.11 Å². The van der Waals surface area contributed by atoms with E-state index in [1.807, 2.05) is 0 Å². The number of rotatable bonds is 2. The molecule has 2 rings (SSSR count). The van der Waals surface area contributed by atoms with Crippen molar-refractivity contribution in [3.8, 4) is 0 Å². The van der Waals surface area contributed by atoms with Crippen molar-refractivity contribution in [2.75, 3.05) is 6.26 Å². The Labute approximate surface area is 106 Å². The molecule has 0 aliphatic carbocycles. The zero-order chi connectivity index (χ0) is 14.4. The molecule has 0 unspecified atom stereocenters. The quantitative estimate of drug-likeness (QED) is 0.639. The Kier molecular flexibility index (Phi) is 2.74. The predicted molar refractivity (Wildman–Crippen MR) is 62.9 cm³/mol. The number of fused-ring (bicyclic) bond motifs is 1. The van der Waals surface area contributed by atoms with Crippen LogP contribution >= 0.6 is 0 Å². The van der Waals surface area contributed by atoms with Gasteiger partial charge in [0.25, 0.3) is 5.69 Å². The maximum absolute atomic E-state index is 11.5. The Morgan fingerprint density at radius 1 is 1.47 bits per heavy atom. The third-order valence-corrected chi connectivity index (χ3v) is 3.55. The van der Waals surface area contributed by atoms with Gasteiger partial charge >= 0.3 is 6.09 Å². The Morgan fingerprint density at radius 3 is 2.58 bits per heavy atom. The lowest BCUT2D eigenvalue weighted by molar-refractivity contribution is -0.387. The fourth-order valence-corrected chi connectivity index (χ4v) is 2.47. The largest absolute Gasteiger partial charge is 0.463 e. The Balaban J connectivity index is 2.92. The van der Waals surface area contributed by atoms with E-state index in [1.165, 1.54) is 0 Å². The number of hydrogen-bond acceptors (Lipinski definition) is 6. The van der Waals surface area contributed by atoms with Gasteiger partial charge in [-0.05, 0) is 6.07 Å².